The molecule has 4 heterocycles. The molecule has 0 saturated heterocycles. The number of para-hydroxylation sites is 1. The van der Waals surface area contributed by atoms with E-state index in [4.69, 9.17) is 9.72 Å². The lowest BCUT2D eigenvalue weighted by atomic mass is 9.84. The third-order valence-electron chi connectivity index (χ3n) is 11.0. The molecule has 0 N–H and O–H groups in total. The minimum absolute atomic E-state index is 0.00167. The lowest BCUT2D eigenvalue weighted by molar-refractivity contribution is 0.203. The van der Waals surface area contributed by atoms with E-state index in [1.54, 1.807) is 0 Å². The molecule has 0 bridgehead atoms. The summed E-state index contributed by atoms with van der Waals surface area (Å²) in [7, 11) is 0. The Bertz CT molecular complexity index is 2440. The van der Waals surface area contributed by atoms with E-state index in [0.29, 0.717) is 17.9 Å². The van der Waals surface area contributed by atoms with E-state index >= 15 is 0 Å². The molecule has 5 nitrogen and oxygen atoms in total. The third-order valence-corrected chi connectivity index (χ3v) is 11.0. The minimum Gasteiger partial charge on any atom is -0.457 e. The third kappa shape index (κ3) is 6.30. The number of hydrogen-bond acceptors (Lipinski definition) is 4. The van der Waals surface area contributed by atoms with Gasteiger partial charge in [-0.3, -0.25) is 4.57 Å². The van der Waals surface area contributed by atoms with Gasteiger partial charge in [-0.1, -0.05) is 90.9 Å². The normalized spacial score (nSPS) is 15.7. The first-order valence-electron chi connectivity index (χ1n) is 19.5. The Kier molecular flexibility index (Phi) is 9.00. The molecular formula is C49H52N4O. The Balaban J connectivity index is 1.31. The van der Waals surface area contributed by atoms with Crippen LogP contribution in [-0.2, 0) is 5.41 Å². The van der Waals surface area contributed by atoms with Gasteiger partial charge < -0.3 is 14.5 Å². The van der Waals surface area contributed by atoms with E-state index in [-0.39, 0.29) is 11.6 Å². The van der Waals surface area contributed by atoms with Crippen molar-refractivity contribution >= 4 is 27.5 Å². The van der Waals surface area contributed by atoms with Gasteiger partial charge in [-0.2, -0.15) is 0 Å². The van der Waals surface area contributed by atoms with Gasteiger partial charge in [-0.15, -0.1) is 0 Å². The van der Waals surface area contributed by atoms with E-state index in [0.717, 1.165) is 39.6 Å². The number of ether oxygens (including phenoxy) is 1. The van der Waals surface area contributed by atoms with Gasteiger partial charge >= 0.3 is 0 Å². The fourth-order valence-electron chi connectivity index (χ4n) is 8.15. The number of pyridine rings is 1. The molecule has 8 rings (SSSR count). The first-order valence-corrected chi connectivity index (χ1v) is 19.5. The average Bonchev–Trinajstić information content (AvgIpc) is 3.70. The highest BCUT2D eigenvalue weighted by Gasteiger charge is 2.33. The summed E-state index contributed by atoms with van der Waals surface area (Å²) in [4.78, 5) is 9.71. The molecule has 6 aromatic rings. The Morgan fingerprint density at radius 2 is 1.41 bits per heavy atom. The summed E-state index contributed by atoms with van der Waals surface area (Å²) in [6, 6.07) is 33.4. The van der Waals surface area contributed by atoms with Gasteiger partial charge in [0.2, 0.25) is 0 Å². The predicted molar refractivity (Wildman–Crippen MR) is 226 cm³/mol. The summed E-state index contributed by atoms with van der Waals surface area (Å²) in [6.45, 7) is 20.4. The molecule has 0 amide bonds. The summed E-state index contributed by atoms with van der Waals surface area (Å²) < 4.78 is 9.28. The van der Waals surface area contributed by atoms with Crippen molar-refractivity contribution in [1.82, 2.24) is 19.4 Å². The van der Waals surface area contributed by atoms with Crippen molar-refractivity contribution in [2.45, 2.75) is 91.8 Å². The first-order chi connectivity index (χ1) is 25.9. The molecule has 4 aromatic carbocycles. The Morgan fingerprint density at radius 1 is 0.685 bits per heavy atom. The van der Waals surface area contributed by atoms with Crippen molar-refractivity contribution in [3.8, 4) is 28.4 Å². The number of fused-ring (bicyclic) bond motifs is 4. The van der Waals surface area contributed by atoms with Crippen LogP contribution in [0.3, 0.4) is 0 Å². The monoisotopic (exact) mass is 712 g/mol. The van der Waals surface area contributed by atoms with Crippen molar-refractivity contribution in [3.63, 3.8) is 0 Å². The molecule has 0 fully saturated rings. The van der Waals surface area contributed by atoms with E-state index in [2.05, 4.69) is 198 Å². The van der Waals surface area contributed by atoms with Gasteiger partial charge in [0.15, 0.2) is 0 Å². The Hall–Kier alpha value is -5.55. The summed E-state index contributed by atoms with van der Waals surface area (Å²) in [5.74, 6) is 3.22. The largest absolute Gasteiger partial charge is 0.457 e. The SMILES string of the molecule is CC(C)c1cccc(C(C)C)c1-c1cc(Oc2ccc3c4ccccc4n(-c4cc(C(C)(C)C)ccn4)c3c2)cc(C2=CN(C(C)C)C3C=CC=CN23)c1. The molecule has 5 heteroatoms. The van der Waals surface area contributed by atoms with Gasteiger partial charge in [-0.05, 0) is 120 Å². The molecule has 2 aliphatic rings. The van der Waals surface area contributed by atoms with Crippen LogP contribution < -0.4 is 4.74 Å². The van der Waals surface area contributed by atoms with Crippen LogP contribution in [0.15, 0.2) is 128 Å². The second-order valence-corrected chi connectivity index (χ2v) is 16.8. The molecule has 2 aromatic heterocycles. The molecular weight excluding hydrogens is 661 g/mol. The van der Waals surface area contributed by atoms with E-state index in [1.165, 1.54) is 38.6 Å². The van der Waals surface area contributed by atoms with Crippen LogP contribution >= 0.6 is 0 Å². The fraction of sp³-hybridized carbons (Fsp3) is 0.286. The molecule has 0 radical (unpaired) electrons. The zero-order valence-corrected chi connectivity index (χ0v) is 33.1. The summed E-state index contributed by atoms with van der Waals surface area (Å²) >= 11 is 0. The molecule has 0 spiro atoms. The topological polar surface area (TPSA) is 33.5 Å². The van der Waals surface area contributed by atoms with E-state index < -0.39 is 0 Å². The molecule has 0 aliphatic carbocycles. The van der Waals surface area contributed by atoms with Crippen molar-refractivity contribution in [3.05, 3.63) is 150 Å². The lowest BCUT2D eigenvalue weighted by Crippen LogP contribution is -2.39. The van der Waals surface area contributed by atoms with Crippen LogP contribution in [0.2, 0.25) is 0 Å². The maximum absolute atomic E-state index is 7.00. The maximum Gasteiger partial charge on any atom is 0.137 e. The lowest BCUT2D eigenvalue weighted by Gasteiger charge is -2.33. The molecule has 1 unspecified atom stereocenters. The number of allylic oxidation sites excluding steroid dienone is 2. The number of nitrogens with zero attached hydrogens (tertiary/aromatic N) is 4. The fourth-order valence-corrected chi connectivity index (χ4v) is 8.15. The highest BCUT2D eigenvalue weighted by atomic mass is 16.5. The first kappa shape index (κ1) is 35.5. The van der Waals surface area contributed by atoms with Crippen LogP contribution in [0.25, 0.3) is 44.4 Å². The standard InChI is InChI=1S/C49H52N4O/c1-31(2)39-16-14-17-40(32(3)4)48(39)35-25-34(45-30-52(33(5)6)47-19-12-13-24-51(45)47)26-38(27-35)54-37-20-21-42-41-15-10-11-18-43(41)53(44(42)29-37)46-28-36(22-23-50-46)49(7,8)9/h10-33,47H,1-9H3. The minimum atomic E-state index is -0.00167. The predicted octanol–water partition coefficient (Wildman–Crippen LogP) is 12.9. The van der Waals surface area contributed by atoms with Crippen LogP contribution in [0.4, 0.5) is 0 Å². The molecule has 1 atom stereocenters. The van der Waals surface area contributed by atoms with Crippen molar-refractivity contribution in [1.29, 1.82) is 0 Å². The summed E-state index contributed by atoms with van der Waals surface area (Å²) in [6.07, 6.45) is 13.1. The van der Waals surface area contributed by atoms with Gasteiger partial charge in [0.05, 0.1) is 16.7 Å². The van der Waals surface area contributed by atoms with Crippen molar-refractivity contribution < 1.29 is 4.74 Å². The second kappa shape index (κ2) is 13.7. The molecule has 0 saturated carbocycles. The number of hydrogen-bond donors (Lipinski definition) is 0. The zero-order chi connectivity index (χ0) is 37.9. The van der Waals surface area contributed by atoms with E-state index in [1.807, 2.05) is 6.20 Å². The molecule has 274 valence electrons. The van der Waals surface area contributed by atoms with Gasteiger partial charge in [0.1, 0.15) is 23.5 Å². The average molecular weight is 713 g/mol. The number of rotatable bonds is 8. The molecule has 2 aliphatic heterocycles. The quantitative estimate of drug-likeness (QED) is 0.157. The number of aromatic nitrogens is 2. The van der Waals surface area contributed by atoms with Gasteiger partial charge in [0, 0.05) is 47.0 Å². The highest BCUT2D eigenvalue weighted by molar-refractivity contribution is 6.09. The van der Waals surface area contributed by atoms with Crippen LogP contribution in [0, 0.1) is 0 Å². The maximum atomic E-state index is 7.00. The smallest absolute Gasteiger partial charge is 0.137 e. The number of benzene rings is 4. The zero-order valence-electron chi connectivity index (χ0n) is 33.1. The van der Waals surface area contributed by atoms with Crippen molar-refractivity contribution in [2.24, 2.45) is 0 Å². The van der Waals surface area contributed by atoms with Crippen LogP contribution in [0.5, 0.6) is 11.5 Å². The Labute approximate surface area is 320 Å². The van der Waals surface area contributed by atoms with Crippen LogP contribution in [-0.4, -0.2) is 31.6 Å². The van der Waals surface area contributed by atoms with Gasteiger partial charge in [0.25, 0.3) is 0 Å². The summed E-state index contributed by atoms with van der Waals surface area (Å²) in [5, 5.41) is 2.36. The van der Waals surface area contributed by atoms with E-state index in [9.17, 15) is 0 Å². The molecule has 54 heavy (non-hydrogen) atoms. The summed E-state index contributed by atoms with van der Waals surface area (Å²) in [5.41, 5.74) is 10.9. The second-order valence-electron chi connectivity index (χ2n) is 16.8. The van der Waals surface area contributed by atoms with Crippen molar-refractivity contribution in [2.75, 3.05) is 0 Å². The Morgan fingerprint density at radius 3 is 2.13 bits per heavy atom. The van der Waals surface area contributed by atoms with Gasteiger partial charge in [-0.25, -0.2) is 4.98 Å². The van der Waals surface area contributed by atoms with Crippen LogP contribution in [0.1, 0.15) is 96.4 Å². The highest BCUT2D eigenvalue weighted by Crippen LogP contribution is 2.43.